The van der Waals surface area contributed by atoms with Crippen molar-refractivity contribution in [1.29, 1.82) is 0 Å². The molecule has 1 heterocycles. The molecule has 8 nitrogen and oxygen atoms in total. The predicted molar refractivity (Wildman–Crippen MR) is 146 cm³/mol. The number of esters is 2. The second-order valence-electron chi connectivity index (χ2n) is 8.72. The maximum absolute atomic E-state index is 13.2. The Morgan fingerprint density at radius 3 is 1.85 bits per heavy atom. The van der Waals surface area contributed by atoms with E-state index in [4.69, 9.17) is 18.9 Å². The Bertz CT molecular complexity index is 1770. The molecule has 0 aliphatic carbocycles. The van der Waals surface area contributed by atoms with Crippen LogP contribution < -0.4 is 9.47 Å². The van der Waals surface area contributed by atoms with Crippen molar-refractivity contribution in [3.63, 3.8) is 0 Å². The SMILES string of the molecule is C=COC(=O)c1ccc(Oc2ccc(S(=O)(=O)c3ccc(Oc4ccc5c(c4)C(=C)OC5=O)cc3)cc2)cc1C. The minimum Gasteiger partial charge on any atom is -0.457 e. The van der Waals surface area contributed by atoms with Crippen molar-refractivity contribution in [2.45, 2.75) is 16.7 Å². The number of carbonyl (C=O) groups is 2. The summed E-state index contributed by atoms with van der Waals surface area (Å²) in [5.41, 5.74) is 2.00. The highest BCUT2D eigenvalue weighted by atomic mass is 32.2. The lowest BCUT2D eigenvalue weighted by molar-refractivity contribution is 0.0661. The van der Waals surface area contributed by atoms with Crippen molar-refractivity contribution in [2.24, 2.45) is 0 Å². The molecule has 1 aliphatic rings. The number of aryl methyl sites for hydroxylation is 1. The van der Waals surface area contributed by atoms with Gasteiger partial charge in [0.15, 0.2) is 0 Å². The molecule has 0 fully saturated rings. The van der Waals surface area contributed by atoms with Crippen molar-refractivity contribution in [1.82, 2.24) is 0 Å². The van der Waals surface area contributed by atoms with E-state index in [1.807, 2.05) is 0 Å². The summed E-state index contributed by atoms with van der Waals surface area (Å²) >= 11 is 0. The number of fused-ring (bicyclic) bond motifs is 1. The second-order valence-corrected chi connectivity index (χ2v) is 10.7. The highest BCUT2D eigenvalue weighted by Gasteiger charge is 2.25. The van der Waals surface area contributed by atoms with E-state index < -0.39 is 21.8 Å². The molecule has 0 amide bonds. The first-order valence-corrected chi connectivity index (χ1v) is 13.4. The minimum atomic E-state index is -3.80. The molecule has 5 rings (SSSR count). The van der Waals surface area contributed by atoms with E-state index in [0.717, 1.165) is 6.26 Å². The molecule has 0 atom stereocenters. The van der Waals surface area contributed by atoms with Gasteiger partial charge in [-0.1, -0.05) is 13.2 Å². The number of cyclic esters (lactones) is 1. The third-order valence-corrected chi connectivity index (χ3v) is 7.86. The maximum Gasteiger partial charge on any atom is 0.344 e. The van der Waals surface area contributed by atoms with E-state index in [0.29, 0.717) is 45.3 Å². The van der Waals surface area contributed by atoms with E-state index in [2.05, 4.69) is 13.2 Å². The van der Waals surface area contributed by atoms with Gasteiger partial charge in [-0.2, -0.15) is 0 Å². The van der Waals surface area contributed by atoms with Gasteiger partial charge in [-0.15, -0.1) is 0 Å². The van der Waals surface area contributed by atoms with Gasteiger partial charge in [0.05, 0.1) is 27.2 Å². The number of sulfone groups is 1. The van der Waals surface area contributed by atoms with Crippen LogP contribution in [0, 0.1) is 6.92 Å². The van der Waals surface area contributed by atoms with Gasteiger partial charge in [-0.05, 0) is 97.4 Å². The van der Waals surface area contributed by atoms with Gasteiger partial charge in [0.1, 0.15) is 28.8 Å². The van der Waals surface area contributed by atoms with Gasteiger partial charge in [0, 0.05) is 5.56 Å². The Morgan fingerprint density at radius 2 is 1.30 bits per heavy atom. The molecule has 200 valence electrons. The molecule has 0 aromatic heterocycles. The van der Waals surface area contributed by atoms with E-state index in [-0.39, 0.29) is 15.6 Å². The van der Waals surface area contributed by atoms with E-state index >= 15 is 0 Å². The lowest BCUT2D eigenvalue weighted by atomic mass is 10.1. The van der Waals surface area contributed by atoms with Crippen LogP contribution in [0.2, 0.25) is 0 Å². The van der Waals surface area contributed by atoms with Gasteiger partial charge in [-0.3, -0.25) is 0 Å². The number of hydrogen-bond acceptors (Lipinski definition) is 8. The van der Waals surface area contributed by atoms with Gasteiger partial charge in [0.2, 0.25) is 9.84 Å². The zero-order chi connectivity index (χ0) is 28.4. The average molecular weight is 555 g/mol. The summed E-state index contributed by atoms with van der Waals surface area (Å²) < 4.78 is 47.8. The smallest absolute Gasteiger partial charge is 0.344 e. The summed E-state index contributed by atoms with van der Waals surface area (Å²) in [4.78, 5) is 23.9. The second kappa shape index (κ2) is 10.5. The van der Waals surface area contributed by atoms with Crippen molar-refractivity contribution in [3.8, 4) is 23.0 Å². The maximum atomic E-state index is 13.2. The summed E-state index contributed by atoms with van der Waals surface area (Å²) in [6.07, 6.45) is 1.07. The predicted octanol–water partition coefficient (Wildman–Crippen LogP) is 6.85. The summed E-state index contributed by atoms with van der Waals surface area (Å²) in [5.74, 6) is 1.04. The third-order valence-electron chi connectivity index (χ3n) is 6.07. The molecule has 0 saturated heterocycles. The monoisotopic (exact) mass is 554 g/mol. The Labute approximate surface area is 230 Å². The first-order valence-electron chi connectivity index (χ1n) is 11.9. The zero-order valence-electron chi connectivity index (χ0n) is 21.2. The van der Waals surface area contributed by atoms with Crippen LogP contribution in [0.15, 0.2) is 114 Å². The minimum absolute atomic E-state index is 0.0903. The van der Waals surface area contributed by atoms with Crippen molar-refractivity contribution in [2.75, 3.05) is 0 Å². The summed E-state index contributed by atoms with van der Waals surface area (Å²) in [6.45, 7) is 8.84. The Balaban J connectivity index is 1.27. The van der Waals surface area contributed by atoms with Crippen molar-refractivity contribution < 1.29 is 37.0 Å². The van der Waals surface area contributed by atoms with E-state index in [1.165, 1.54) is 24.3 Å². The molecule has 0 saturated carbocycles. The number of rotatable bonds is 8. The lowest BCUT2D eigenvalue weighted by Crippen LogP contribution is -2.03. The quantitative estimate of drug-likeness (QED) is 0.172. The standard InChI is InChI=1S/C31H22O8S/c1-4-36-30(32)27-15-9-23(17-19(27)2)38-21-5-11-25(12-6-21)40(34,35)26-13-7-22(8-14-26)39-24-10-16-28-29(18-24)20(3)37-31(28)33/h4-18H,1,3H2,2H3. The highest BCUT2D eigenvalue weighted by molar-refractivity contribution is 7.91. The van der Waals surface area contributed by atoms with Gasteiger partial charge >= 0.3 is 11.9 Å². The molecular weight excluding hydrogens is 532 g/mol. The number of ether oxygens (including phenoxy) is 4. The fraction of sp³-hybridized carbons (Fsp3) is 0.0323. The summed E-state index contributed by atoms with van der Waals surface area (Å²) in [6, 6.07) is 21.8. The first kappa shape index (κ1) is 26.5. The molecule has 9 heteroatoms. The molecule has 0 unspecified atom stereocenters. The van der Waals surface area contributed by atoms with Crippen LogP contribution in [-0.4, -0.2) is 20.4 Å². The average Bonchev–Trinajstić information content (AvgIpc) is 3.22. The summed E-state index contributed by atoms with van der Waals surface area (Å²) in [7, 11) is -3.80. The number of hydrogen-bond donors (Lipinski definition) is 0. The van der Waals surface area contributed by atoms with Crippen LogP contribution >= 0.6 is 0 Å². The zero-order valence-corrected chi connectivity index (χ0v) is 22.1. The fourth-order valence-corrected chi connectivity index (χ4v) is 5.33. The molecule has 4 aromatic carbocycles. The summed E-state index contributed by atoms with van der Waals surface area (Å²) in [5, 5.41) is 0. The van der Waals surface area contributed by atoms with Crippen LogP contribution in [0.1, 0.15) is 31.8 Å². The van der Waals surface area contributed by atoms with Gasteiger partial charge in [0.25, 0.3) is 0 Å². The van der Waals surface area contributed by atoms with Crippen molar-refractivity contribution >= 4 is 27.5 Å². The van der Waals surface area contributed by atoms with Crippen LogP contribution in [0.4, 0.5) is 0 Å². The topological polar surface area (TPSA) is 105 Å². The normalized spacial score (nSPS) is 12.3. The van der Waals surface area contributed by atoms with Crippen molar-refractivity contribution in [3.05, 3.63) is 127 Å². The highest BCUT2D eigenvalue weighted by Crippen LogP contribution is 2.34. The van der Waals surface area contributed by atoms with E-state index in [9.17, 15) is 18.0 Å². The first-order chi connectivity index (χ1) is 19.2. The third kappa shape index (κ3) is 5.23. The molecule has 0 spiro atoms. The van der Waals surface area contributed by atoms with Crippen LogP contribution in [0.3, 0.4) is 0 Å². The van der Waals surface area contributed by atoms with Gasteiger partial charge in [-0.25, -0.2) is 18.0 Å². The number of benzene rings is 4. The van der Waals surface area contributed by atoms with Crippen LogP contribution in [0.5, 0.6) is 23.0 Å². The van der Waals surface area contributed by atoms with Crippen LogP contribution in [-0.2, 0) is 19.3 Å². The number of carbonyl (C=O) groups excluding carboxylic acids is 2. The Morgan fingerprint density at radius 1 is 0.775 bits per heavy atom. The van der Waals surface area contributed by atoms with E-state index in [1.54, 1.807) is 67.6 Å². The molecule has 1 aliphatic heterocycles. The molecular formula is C31H22O8S. The lowest BCUT2D eigenvalue weighted by Gasteiger charge is -2.11. The molecule has 40 heavy (non-hydrogen) atoms. The molecule has 4 aromatic rings. The molecule has 0 N–H and O–H groups in total. The largest absolute Gasteiger partial charge is 0.457 e. The van der Waals surface area contributed by atoms with Gasteiger partial charge < -0.3 is 18.9 Å². The molecule has 0 bridgehead atoms. The molecule has 0 radical (unpaired) electrons. The Kier molecular flexibility index (Phi) is 6.98. The Hall–Kier alpha value is -5.15. The fourth-order valence-electron chi connectivity index (χ4n) is 4.07. The van der Waals surface area contributed by atoms with Crippen LogP contribution in [0.25, 0.3) is 5.76 Å².